The molecule has 0 atom stereocenters. The van der Waals surface area contributed by atoms with E-state index in [1.807, 2.05) is 6.92 Å². The van der Waals surface area contributed by atoms with Crippen LogP contribution in [0.3, 0.4) is 0 Å². The molecule has 0 unspecified atom stereocenters. The minimum Gasteiger partial charge on any atom is -0.195 e. The van der Waals surface area contributed by atoms with Crippen LogP contribution >= 0.6 is 15.9 Å². The van der Waals surface area contributed by atoms with Gasteiger partial charge in [-0.15, -0.1) is 0 Å². The summed E-state index contributed by atoms with van der Waals surface area (Å²) in [7, 11) is -0.131. The average molecular weight is 273 g/mol. The minimum atomic E-state index is -3.23. The van der Waals surface area contributed by atoms with Crippen molar-refractivity contribution < 1.29 is 8.42 Å². The summed E-state index contributed by atoms with van der Waals surface area (Å²) in [4.78, 5) is 0. The van der Waals surface area contributed by atoms with Crippen molar-refractivity contribution in [2.24, 2.45) is 0 Å². The maximum atomic E-state index is 11.6. The van der Waals surface area contributed by atoms with Gasteiger partial charge in [0.25, 0.3) is 10.2 Å². The Bertz CT molecular complexity index is 223. The second kappa shape index (κ2) is 5.95. The van der Waals surface area contributed by atoms with E-state index in [1.54, 1.807) is 14.1 Å². The molecule has 0 saturated carbocycles. The third-order valence-corrected chi connectivity index (χ3v) is 3.89. The van der Waals surface area contributed by atoms with Gasteiger partial charge in [-0.2, -0.15) is 17.0 Å². The topological polar surface area (TPSA) is 40.6 Å². The van der Waals surface area contributed by atoms with Gasteiger partial charge in [0, 0.05) is 32.5 Å². The second-order valence-corrected chi connectivity index (χ2v) is 5.81. The van der Waals surface area contributed by atoms with Crippen molar-refractivity contribution in [1.29, 1.82) is 0 Å². The first-order valence-corrected chi connectivity index (χ1v) is 6.72. The van der Waals surface area contributed by atoms with E-state index in [0.717, 1.165) is 6.42 Å². The van der Waals surface area contributed by atoms with Gasteiger partial charge in [-0.1, -0.05) is 22.9 Å². The molecule has 0 rings (SSSR count). The summed E-state index contributed by atoms with van der Waals surface area (Å²) in [5, 5.41) is 0.667. The molecule has 0 saturated heterocycles. The van der Waals surface area contributed by atoms with Crippen LogP contribution < -0.4 is 0 Å². The monoisotopic (exact) mass is 272 g/mol. The van der Waals surface area contributed by atoms with Crippen LogP contribution in [-0.4, -0.2) is 49.5 Å². The lowest BCUT2D eigenvalue weighted by molar-refractivity contribution is 0.389. The van der Waals surface area contributed by atoms with E-state index in [4.69, 9.17) is 0 Å². The van der Waals surface area contributed by atoms with Crippen molar-refractivity contribution in [1.82, 2.24) is 8.61 Å². The Morgan fingerprint density at radius 2 is 1.77 bits per heavy atom. The molecule has 0 aliphatic carbocycles. The zero-order valence-corrected chi connectivity index (χ0v) is 10.7. The zero-order valence-electron chi connectivity index (χ0n) is 8.33. The maximum Gasteiger partial charge on any atom is 0.281 e. The van der Waals surface area contributed by atoms with Crippen molar-refractivity contribution in [3.05, 3.63) is 0 Å². The summed E-state index contributed by atoms with van der Waals surface area (Å²) < 4.78 is 26.0. The van der Waals surface area contributed by atoms with Crippen LogP contribution in [-0.2, 0) is 10.2 Å². The Balaban J connectivity index is 4.52. The Morgan fingerprint density at radius 1 is 1.23 bits per heavy atom. The van der Waals surface area contributed by atoms with Gasteiger partial charge in [-0.3, -0.25) is 0 Å². The van der Waals surface area contributed by atoms with E-state index in [9.17, 15) is 8.42 Å². The van der Waals surface area contributed by atoms with Crippen molar-refractivity contribution in [2.75, 3.05) is 32.5 Å². The van der Waals surface area contributed by atoms with E-state index >= 15 is 0 Å². The van der Waals surface area contributed by atoms with E-state index in [1.165, 1.54) is 8.61 Å². The standard InChI is InChI=1S/C7H17BrN2O2S/c1-4-6-10(7-5-8)13(11,12)9(2)3/h4-7H2,1-3H3. The molecule has 0 radical (unpaired) electrons. The van der Waals surface area contributed by atoms with Crippen molar-refractivity contribution in [3.63, 3.8) is 0 Å². The first kappa shape index (κ1) is 13.4. The average Bonchev–Trinajstić information content (AvgIpc) is 2.03. The van der Waals surface area contributed by atoms with Crippen LogP contribution in [0.1, 0.15) is 13.3 Å². The molecule has 0 bridgehead atoms. The van der Waals surface area contributed by atoms with Crippen LogP contribution in [0.5, 0.6) is 0 Å². The molecule has 6 heteroatoms. The van der Waals surface area contributed by atoms with Crippen LogP contribution in [0.4, 0.5) is 0 Å². The van der Waals surface area contributed by atoms with Gasteiger partial charge in [0.2, 0.25) is 0 Å². The fraction of sp³-hybridized carbons (Fsp3) is 1.00. The lowest BCUT2D eigenvalue weighted by Gasteiger charge is -2.24. The number of alkyl halides is 1. The molecule has 0 amide bonds. The number of rotatable bonds is 6. The van der Waals surface area contributed by atoms with Gasteiger partial charge in [0.05, 0.1) is 0 Å². The predicted molar refractivity (Wildman–Crippen MR) is 58.3 cm³/mol. The molecule has 0 aromatic carbocycles. The fourth-order valence-corrected chi connectivity index (χ4v) is 2.78. The molecule has 80 valence electrons. The Hall–Kier alpha value is 0.350. The van der Waals surface area contributed by atoms with Crippen LogP contribution in [0.15, 0.2) is 0 Å². The molecule has 0 spiro atoms. The zero-order chi connectivity index (χ0) is 10.5. The van der Waals surface area contributed by atoms with E-state index in [0.29, 0.717) is 18.4 Å². The molecule has 13 heavy (non-hydrogen) atoms. The smallest absolute Gasteiger partial charge is 0.195 e. The molecular formula is C7H17BrN2O2S. The van der Waals surface area contributed by atoms with Crippen molar-refractivity contribution >= 4 is 26.1 Å². The summed E-state index contributed by atoms with van der Waals surface area (Å²) in [6.45, 7) is 3.06. The predicted octanol–water partition coefficient (Wildman–Crippen LogP) is 0.900. The highest BCUT2D eigenvalue weighted by molar-refractivity contribution is 9.09. The summed E-state index contributed by atoms with van der Waals surface area (Å²) in [6.07, 6.45) is 0.833. The molecule has 0 aromatic rings. The summed E-state index contributed by atoms with van der Waals surface area (Å²) in [5.74, 6) is 0. The molecule has 0 aromatic heterocycles. The van der Waals surface area contributed by atoms with Crippen LogP contribution in [0.25, 0.3) is 0 Å². The highest BCUT2D eigenvalue weighted by Gasteiger charge is 2.22. The SMILES string of the molecule is CCCN(CCBr)S(=O)(=O)N(C)C. The molecule has 0 aliphatic rings. The number of halogens is 1. The second-order valence-electron chi connectivity index (χ2n) is 2.88. The largest absolute Gasteiger partial charge is 0.281 e. The first-order chi connectivity index (χ1) is 5.96. The Labute approximate surface area is 89.2 Å². The molecule has 0 fully saturated rings. The van der Waals surface area contributed by atoms with E-state index in [2.05, 4.69) is 15.9 Å². The van der Waals surface area contributed by atoms with Gasteiger partial charge in [0.15, 0.2) is 0 Å². The minimum absolute atomic E-state index is 0.522. The maximum absolute atomic E-state index is 11.6. The van der Waals surface area contributed by atoms with E-state index in [-0.39, 0.29) is 0 Å². The quantitative estimate of drug-likeness (QED) is 0.675. The van der Waals surface area contributed by atoms with Gasteiger partial charge in [0.1, 0.15) is 0 Å². The fourth-order valence-electron chi connectivity index (χ4n) is 0.917. The molecule has 4 nitrogen and oxygen atoms in total. The first-order valence-electron chi connectivity index (χ1n) is 4.20. The Morgan fingerprint density at radius 3 is 2.08 bits per heavy atom. The highest BCUT2D eigenvalue weighted by atomic mass is 79.9. The van der Waals surface area contributed by atoms with Gasteiger partial charge in [-0.25, -0.2) is 0 Å². The third kappa shape index (κ3) is 3.93. The van der Waals surface area contributed by atoms with Crippen LogP contribution in [0, 0.1) is 0 Å². The summed E-state index contributed by atoms with van der Waals surface area (Å²) in [5.41, 5.74) is 0. The number of nitrogens with zero attached hydrogens (tertiary/aromatic N) is 2. The lowest BCUT2D eigenvalue weighted by Crippen LogP contribution is -2.41. The van der Waals surface area contributed by atoms with Crippen LogP contribution in [0.2, 0.25) is 0 Å². The van der Waals surface area contributed by atoms with Crippen molar-refractivity contribution in [3.8, 4) is 0 Å². The molecular weight excluding hydrogens is 256 g/mol. The van der Waals surface area contributed by atoms with Gasteiger partial charge >= 0.3 is 0 Å². The van der Waals surface area contributed by atoms with Crippen molar-refractivity contribution in [2.45, 2.75) is 13.3 Å². The lowest BCUT2D eigenvalue weighted by atomic mass is 10.5. The molecule has 0 N–H and O–H groups in total. The molecule has 0 aliphatic heterocycles. The van der Waals surface area contributed by atoms with Gasteiger partial charge < -0.3 is 0 Å². The summed E-state index contributed by atoms with van der Waals surface area (Å²) >= 11 is 3.24. The number of hydrogen-bond acceptors (Lipinski definition) is 2. The summed E-state index contributed by atoms with van der Waals surface area (Å²) in [6, 6.07) is 0. The number of hydrogen-bond donors (Lipinski definition) is 0. The highest BCUT2D eigenvalue weighted by Crippen LogP contribution is 2.05. The normalized spacial score (nSPS) is 12.8. The van der Waals surface area contributed by atoms with Gasteiger partial charge in [-0.05, 0) is 6.42 Å². The van der Waals surface area contributed by atoms with E-state index < -0.39 is 10.2 Å². The Kier molecular flexibility index (Phi) is 6.11. The third-order valence-electron chi connectivity index (χ3n) is 1.59. The molecule has 0 heterocycles.